The molecule has 1 atom stereocenters. The lowest BCUT2D eigenvalue weighted by Crippen LogP contribution is -2.38. The minimum atomic E-state index is -0.907. The van der Waals surface area contributed by atoms with E-state index < -0.39 is 16.9 Å². The molecule has 0 spiro atoms. The number of nitrogens with zero attached hydrogens (tertiary/aromatic N) is 3. The average molecular weight is 396 g/mol. The number of nitro groups is 1. The maximum absolute atomic E-state index is 11.4. The Kier molecular flexibility index (Phi) is 5.87. The second kappa shape index (κ2) is 8.51. The lowest BCUT2D eigenvalue weighted by molar-refractivity contribution is -0.385. The number of para-hydroxylation sites is 1. The second-order valence-electron chi connectivity index (χ2n) is 6.78. The molecular formula is C20H20N4O5. The first-order valence-electron chi connectivity index (χ1n) is 9.06. The number of benzene rings is 2. The summed E-state index contributed by atoms with van der Waals surface area (Å²) in [4.78, 5) is 39.0. The van der Waals surface area contributed by atoms with Crippen LogP contribution in [0.2, 0.25) is 0 Å². The van der Waals surface area contributed by atoms with Crippen molar-refractivity contribution >= 4 is 29.6 Å². The molecule has 3 rings (SSSR count). The molecular weight excluding hydrogens is 376 g/mol. The van der Waals surface area contributed by atoms with Crippen LogP contribution >= 0.6 is 0 Å². The van der Waals surface area contributed by atoms with E-state index in [4.69, 9.17) is 5.73 Å². The van der Waals surface area contributed by atoms with Crippen LogP contribution in [-0.4, -0.2) is 46.2 Å². The highest BCUT2D eigenvalue weighted by molar-refractivity contribution is 6.01. The van der Waals surface area contributed by atoms with Crippen LogP contribution in [0.15, 0.2) is 47.5 Å². The molecule has 9 nitrogen and oxygen atoms in total. The van der Waals surface area contributed by atoms with Crippen molar-refractivity contribution in [2.75, 3.05) is 13.1 Å². The summed E-state index contributed by atoms with van der Waals surface area (Å²) in [6.07, 6.45) is 2.15. The van der Waals surface area contributed by atoms with E-state index in [-0.39, 0.29) is 22.7 Å². The Morgan fingerprint density at radius 2 is 1.97 bits per heavy atom. The molecule has 0 radical (unpaired) electrons. The molecule has 29 heavy (non-hydrogen) atoms. The van der Waals surface area contributed by atoms with Crippen LogP contribution in [0.4, 0.5) is 16.2 Å². The Balaban J connectivity index is 1.79. The zero-order valence-corrected chi connectivity index (χ0v) is 15.5. The molecule has 9 heteroatoms. The van der Waals surface area contributed by atoms with Gasteiger partial charge in [0.1, 0.15) is 5.56 Å². The lowest BCUT2D eigenvalue weighted by atomic mass is 9.91. The number of hydrogen-bond donors (Lipinski definition) is 2. The van der Waals surface area contributed by atoms with Gasteiger partial charge in [-0.15, -0.1) is 0 Å². The molecule has 2 aromatic carbocycles. The summed E-state index contributed by atoms with van der Waals surface area (Å²) in [5.74, 6) is -0.745. The van der Waals surface area contributed by atoms with Crippen molar-refractivity contribution in [2.45, 2.75) is 18.8 Å². The number of rotatable bonds is 5. The van der Waals surface area contributed by atoms with Gasteiger partial charge in [0.25, 0.3) is 11.6 Å². The third-order valence-electron chi connectivity index (χ3n) is 4.92. The monoisotopic (exact) mass is 396 g/mol. The number of piperidine rings is 1. The third-order valence-corrected chi connectivity index (χ3v) is 4.92. The first-order chi connectivity index (χ1) is 13.9. The fraction of sp³-hybridized carbons (Fsp3) is 0.250. The van der Waals surface area contributed by atoms with E-state index >= 15 is 0 Å². The average Bonchev–Trinajstić information content (AvgIpc) is 2.72. The van der Waals surface area contributed by atoms with Crippen LogP contribution in [0.25, 0.3) is 0 Å². The Hall–Kier alpha value is -3.75. The van der Waals surface area contributed by atoms with Crippen molar-refractivity contribution in [3.05, 3.63) is 69.3 Å². The number of amides is 2. The van der Waals surface area contributed by atoms with Crippen LogP contribution in [0.5, 0.6) is 0 Å². The minimum Gasteiger partial charge on any atom is -0.465 e. The molecule has 0 saturated carbocycles. The summed E-state index contributed by atoms with van der Waals surface area (Å²) in [6.45, 7) is 1.02. The number of likely N-dealkylation sites (tertiary alicyclic amines) is 1. The Labute approximate surface area is 166 Å². The predicted molar refractivity (Wildman–Crippen MR) is 107 cm³/mol. The largest absolute Gasteiger partial charge is 0.465 e. The van der Waals surface area contributed by atoms with Crippen LogP contribution in [0.3, 0.4) is 0 Å². The maximum atomic E-state index is 11.4. The van der Waals surface area contributed by atoms with E-state index in [9.17, 15) is 24.8 Å². The van der Waals surface area contributed by atoms with E-state index in [1.807, 2.05) is 12.1 Å². The van der Waals surface area contributed by atoms with Gasteiger partial charge in [-0.2, -0.15) is 0 Å². The smallest absolute Gasteiger partial charge is 0.407 e. The zero-order chi connectivity index (χ0) is 21.0. The number of aliphatic imine (C=N–C) groups is 1. The Bertz CT molecular complexity index is 971. The van der Waals surface area contributed by atoms with Gasteiger partial charge in [0.05, 0.1) is 16.2 Å². The molecule has 0 aromatic heterocycles. The van der Waals surface area contributed by atoms with Crippen LogP contribution < -0.4 is 5.73 Å². The number of primary amides is 1. The molecule has 150 valence electrons. The number of carbonyl (C=O) groups excluding carboxylic acids is 1. The van der Waals surface area contributed by atoms with Gasteiger partial charge in [-0.25, -0.2) is 4.79 Å². The second-order valence-corrected chi connectivity index (χ2v) is 6.78. The Morgan fingerprint density at radius 3 is 2.59 bits per heavy atom. The van der Waals surface area contributed by atoms with E-state index in [1.165, 1.54) is 29.3 Å². The van der Waals surface area contributed by atoms with Crippen LogP contribution in [-0.2, 0) is 0 Å². The summed E-state index contributed by atoms with van der Waals surface area (Å²) in [5.41, 5.74) is 6.45. The number of hydrogen-bond acceptors (Lipinski definition) is 5. The molecule has 2 aromatic rings. The quantitative estimate of drug-likeness (QED) is 0.453. The van der Waals surface area contributed by atoms with Gasteiger partial charge in [-0.1, -0.05) is 18.2 Å². The number of nitro benzene ring substituents is 1. The molecule has 1 fully saturated rings. The summed E-state index contributed by atoms with van der Waals surface area (Å²) in [5, 5.41) is 20.5. The molecule has 0 aliphatic carbocycles. The molecule has 3 N–H and O–H groups in total. The van der Waals surface area contributed by atoms with E-state index in [1.54, 1.807) is 12.1 Å². The normalized spacial score (nSPS) is 16.7. The highest BCUT2D eigenvalue weighted by Gasteiger charge is 2.24. The Morgan fingerprint density at radius 1 is 1.24 bits per heavy atom. The first kappa shape index (κ1) is 20.0. The highest BCUT2D eigenvalue weighted by atomic mass is 16.6. The molecule has 2 amide bonds. The fourth-order valence-corrected chi connectivity index (χ4v) is 3.47. The third kappa shape index (κ3) is 4.57. The summed E-state index contributed by atoms with van der Waals surface area (Å²) in [7, 11) is 0. The predicted octanol–water partition coefficient (Wildman–Crippen LogP) is 3.30. The van der Waals surface area contributed by atoms with E-state index in [2.05, 4.69) is 4.99 Å². The molecule has 1 aliphatic heterocycles. The molecule has 1 unspecified atom stereocenters. The highest BCUT2D eigenvalue weighted by Crippen LogP contribution is 2.29. The zero-order valence-electron chi connectivity index (χ0n) is 15.5. The van der Waals surface area contributed by atoms with Crippen molar-refractivity contribution in [1.82, 2.24) is 4.90 Å². The molecule has 0 bridgehead atoms. The molecule has 1 heterocycles. The van der Waals surface area contributed by atoms with Crippen LogP contribution in [0.1, 0.15) is 40.2 Å². The first-order valence-corrected chi connectivity index (χ1v) is 9.06. The van der Waals surface area contributed by atoms with Crippen LogP contribution in [0, 0.1) is 10.1 Å². The summed E-state index contributed by atoms with van der Waals surface area (Å²) >= 11 is 0. The van der Waals surface area contributed by atoms with Gasteiger partial charge in [0.15, 0.2) is 0 Å². The van der Waals surface area contributed by atoms with E-state index in [0.29, 0.717) is 18.8 Å². The van der Waals surface area contributed by atoms with Gasteiger partial charge in [-0.05, 0) is 42.7 Å². The number of nitrogens with two attached hydrogens (primary N) is 1. The summed E-state index contributed by atoms with van der Waals surface area (Å²) < 4.78 is 0. The van der Waals surface area contributed by atoms with Gasteiger partial charge < -0.3 is 15.7 Å². The fourth-order valence-electron chi connectivity index (χ4n) is 3.47. The topological polar surface area (TPSA) is 139 Å². The number of carbonyl (C=O) groups is 2. The van der Waals surface area contributed by atoms with Gasteiger partial charge in [0.2, 0.25) is 0 Å². The molecule has 1 saturated heterocycles. The van der Waals surface area contributed by atoms with Gasteiger partial charge >= 0.3 is 6.09 Å². The van der Waals surface area contributed by atoms with Crippen molar-refractivity contribution in [2.24, 2.45) is 10.7 Å². The maximum Gasteiger partial charge on any atom is 0.407 e. The summed E-state index contributed by atoms with van der Waals surface area (Å²) in [6, 6.07) is 11.6. The lowest BCUT2D eigenvalue weighted by Gasteiger charge is -2.31. The molecule has 1 aliphatic rings. The van der Waals surface area contributed by atoms with Crippen molar-refractivity contribution in [3.63, 3.8) is 0 Å². The van der Waals surface area contributed by atoms with Gasteiger partial charge in [0, 0.05) is 25.2 Å². The van der Waals surface area contributed by atoms with Crippen molar-refractivity contribution < 1.29 is 19.6 Å². The van der Waals surface area contributed by atoms with E-state index in [0.717, 1.165) is 18.4 Å². The number of carboxylic acid groups (broad SMARTS) is 1. The SMILES string of the molecule is NC(=O)c1cccc(C=Nc2ccc(C3CCCN(C(=O)O)C3)cc2)c1[N+](=O)[O-]. The van der Waals surface area contributed by atoms with Crippen molar-refractivity contribution in [1.29, 1.82) is 0 Å². The minimum absolute atomic E-state index is 0.131. The standard InChI is InChI=1S/C20H20N4O5/c21-19(25)17-5-1-3-14(18(17)24(28)29)11-22-16-8-6-13(7-9-16)15-4-2-10-23(12-15)20(26)27/h1,3,5-9,11,15H,2,4,10,12H2,(H2,21,25)(H,26,27). The van der Waals surface area contributed by atoms with Crippen molar-refractivity contribution in [3.8, 4) is 0 Å². The van der Waals surface area contributed by atoms with Gasteiger partial charge in [-0.3, -0.25) is 19.9 Å².